The molecule has 0 aliphatic heterocycles. The van der Waals surface area contributed by atoms with Gasteiger partial charge in [-0.05, 0) is 18.2 Å². The van der Waals surface area contributed by atoms with E-state index in [2.05, 4.69) is 25.8 Å². The van der Waals surface area contributed by atoms with E-state index in [0.29, 0.717) is 5.82 Å². The Morgan fingerprint density at radius 3 is 2.50 bits per heavy atom. The van der Waals surface area contributed by atoms with Crippen LogP contribution in [0.15, 0.2) is 72.9 Å². The minimum Gasteiger partial charge on any atom is -0.376 e. The molecule has 26 heavy (non-hydrogen) atoms. The molecule has 128 valence electrons. The highest BCUT2D eigenvalue weighted by atomic mass is 16.2. The highest BCUT2D eigenvalue weighted by molar-refractivity contribution is 6.01. The molecule has 0 aliphatic carbocycles. The van der Waals surface area contributed by atoms with Gasteiger partial charge in [-0.3, -0.25) is 14.9 Å². The molecule has 0 saturated carbocycles. The van der Waals surface area contributed by atoms with E-state index in [1.165, 1.54) is 0 Å². The van der Waals surface area contributed by atoms with Gasteiger partial charge in [0.25, 0.3) is 0 Å². The number of aromatic nitrogens is 3. The summed E-state index contributed by atoms with van der Waals surface area (Å²) in [5.41, 5.74) is 3.51. The second-order valence-electron chi connectivity index (χ2n) is 5.82. The van der Waals surface area contributed by atoms with E-state index in [1.54, 1.807) is 6.20 Å². The number of hydrogen-bond acceptors (Lipinski definition) is 4. The van der Waals surface area contributed by atoms with Crippen LogP contribution in [0.2, 0.25) is 0 Å². The first-order valence-corrected chi connectivity index (χ1v) is 8.28. The normalized spacial score (nSPS) is 10.6. The summed E-state index contributed by atoms with van der Waals surface area (Å²) in [5.74, 6) is 0.333. The average molecular weight is 343 g/mol. The fraction of sp³-hybridized carbons (Fsp3) is 0.0500. The topological polar surface area (TPSA) is 82.7 Å². The minimum absolute atomic E-state index is 0.162. The number of carbonyl (C=O) groups is 1. The maximum absolute atomic E-state index is 12.2. The van der Waals surface area contributed by atoms with Crippen LogP contribution < -0.4 is 10.6 Å². The van der Waals surface area contributed by atoms with E-state index in [9.17, 15) is 4.79 Å². The van der Waals surface area contributed by atoms with Crippen molar-refractivity contribution < 1.29 is 4.79 Å². The molecule has 0 bridgehead atoms. The first-order chi connectivity index (χ1) is 12.8. The zero-order valence-corrected chi connectivity index (χ0v) is 13.9. The number of para-hydroxylation sites is 1. The van der Waals surface area contributed by atoms with Gasteiger partial charge in [-0.1, -0.05) is 48.5 Å². The molecule has 0 unspecified atom stereocenters. The number of nitrogens with one attached hydrogen (secondary N) is 3. The standard InChI is InChI=1S/C20H17N5O/c26-19(13-21-15-9-5-2-6-10-15)23-20-16-11-17(14-7-3-1-4-8-14)22-12-18(16)24-25-20/h1-12,21H,13H2,(H2,23,24,25,26). The first kappa shape index (κ1) is 15.8. The highest BCUT2D eigenvalue weighted by Crippen LogP contribution is 2.25. The Balaban J connectivity index is 1.52. The Labute approximate surface area is 150 Å². The number of pyridine rings is 1. The van der Waals surface area contributed by atoms with Crippen LogP contribution in [0.25, 0.3) is 22.2 Å². The molecule has 2 heterocycles. The molecule has 0 radical (unpaired) electrons. The van der Waals surface area contributed by atoms with Gasteiger partial charge in [0.1, 0.15) is 0 Å². The molecule has 2 aromatic heterocycles. The number of nitrogens with zero attached hydrogens (tertiary/aromatic N) is 2. The Kier molecular flexibility index (Phi) is 4.30. The second kappa shape index (κ2) is 7.06. The molecule has 0 fully saturated rings. The minimum atomic E-state index is -0.166. The fourth-order valence-electron chi connectivity index (χ4n) is 2.69. The van der Waals surface area contributed by atoms with Crippen LogP contribution >= 0.6 is 0 Å². The van der Waals surface area contributed by atoms with Gasteiger partial charge in [-0.15, -0.1) is 0 Å². The quantitative estimate of drug-likeness (QED) is 0.516. The summed E-state index contributed by atoms with van der Waals surface area (Å²) in [6, 6.07) is 21.4. The fourth-order valence-corrected chi connectivity index (χ4v) is 2.69. The SMILES string of the molecule is O=C(CNc1ccccc1)Nc1n[nH]c2cnc(-c3ccccc3)cc12. The lowest BCUT2D eigenvalue weighted by atomic mass is 10.1. The molecular formula is C20H17N5O. The number of H-pyrrole nitrogens is 1. The summed E-state index contributed by atoms with van der Waals surface area (Å²) >= 11 is 0. The molecule has 3 N–H and O–H groups in total. The van der Waals surface area contributed by atoms with Crippen LogP contribution in [-0.4, -0.2) is 27.6 Å². The Bertz CT molecular complexity index is 1030. The maximum Gasteiger partial charge on any atom is 0.244 e. The smallest absolute Gasteiger partial charge is 0.244 e. The van der Waals surface area contributed by atoms with Crippen LogP contribution in [0, 0.1) is 0 Å². The Morgan fingerprint density at radius 2 is 1.73 bits per heavy atom. The van der Waals surface area contributed by atoms with E-state index in [1.807, 2.05) is 66.7 Å². The van der Waals surface area contributed by atoms with Crippen molar-refractivity contribution in [2.75, 3.05) is 17.2 Å². The van der Waals surface area contributed by atoms with Crippen molar-refractivity contribution in [2.45, 2.75) is 0 Å². The van der Waals surface area contributed by atoms with Crippen molar-refractivity contribution in [2.24, 2.45) is 0 Å². The number of amides is 1. The summed E-state index contributed by atoms with van der Waals surface area (Å²) in [7, 11) is 0. The van der Waals surface area contributed by atoms with Crippen LogP contribution in [0.3, 0.4) is 0 Å². The van der Waals surface area contributed by atoms with Gasteiger partial charge < -0.3 is 10.6 Å². The zero-order valence-electron chi connectivity index (χ0n) is 13.9. The zero-order chi connectivity index (χ0) is 17.8. The number of rotatable bonds is 5. The Hall–Kier alpha value is -3.67. The molecule has 4 rings (SSSR count). The van der Waals surface area contributed by atoms with Gasteiger partial charge in [0, 0.05) is 16.6 Å². The monoisotopic (exact) mass is 343 g/mol. The van der Waals surface area contributed by atoms with Gasteiger partial charge >= 0.3 is 0 Å². The third kappa shape index (κ3) is 3.39. The van der Waals surface area contributed by atoms with Gasteiger partial charge in [0.15, 0.2) is 5.82 Å². The van der Waals surface area contributed by atoms with Crippen LogP contribution in [0.4, 0.5) is 11.5 Å². The van der Waals surface area contributed by atoms with Crippen molar-refractivity contribution in [3.8, 4) is 11.3 Å². The lowest BCUT2D eigenvalue weighted by Crippen LogP contribution is -2.22. The molecular weight excluding hydrogens is 326 g/mol. The van der Waals surface area contributed by atoms with Gasteiger partial charge in [0.05, 0.1) is 24.0 Å². The summed E-state index contributed by atoms with van der Waals surface area (Å²) in [6.07, 6.45) is 1.72. The highest BCUT2D eigenvalue weighted by Gasteiger charge is 2.11. The van der Waals surface area contributed by atoms with Crippen molar-refractivity contribution in [3.63, 3.8) is 0 Å². The summed E-state index contributed by atoms with van der Waals surface area (Å²) in [4.78, 5) is 16.7. The lowest BCUT2D eigenvalue weighted by Gasteiger charge is -2.06. The molecule has 0 atom stereocenters. The molecule has 0 spiro atoms. The number of anilines is 2. The number of aromatic amines is 1. The predicted molar refractivity (Wildman–Crippen MR) is 103 cm³/mol. The van der Waals surface area contributed by atoms with Crippen molar-refractivity contribution >= 4 is 28.3 Å². The number of carbonyl (C=O) groups excluding carboxylic acids is 1. The van der Waals surface area contributed by atoms with E-state index in [-0.39, 0.29) is 12.5 Å². The molecule has 6 heteroatoms. The van der Waals surface area contributed by atoms with Gasteiger partial charge in [-0.2, -0.15) is 5.10 Å². The van der Waals surface area contributed by atoms with Crippen LogP contribution in [0.5, 0.6) is 0 Å². The van der Waals surface area contributed by atoms with Crippen molar-refractivity contribution in [1.82, 2.24) is 15.2 Å². The molecule has 1 amide bonds. The number of benzene rings is 2. The second-order valence-corrected chi connectivity index (χ2v) is 5.82. The van der Waals surface area contributed by atoms with E-state index < -0.39 is 0 Å². The van der Waals surface area contributed by atoms with Crippen molar-refractivity contribution in [1.29, 1.82) is 0 Å². The summed E-state index contributed by atoms with van der Waals surface area (Å²) in [5, 5.41) is 13.8. The maximum atomic E-state index is 12.2. The number of fused-ring (bicyclic) bond motifs is 1. The first-order valence-electron chi connectivity index (χ1n) is 8.28. The molecule has 0 saturated heterocycles. The van der Waals surface area contributed by atoms with E-state index in [4.69, 9.17) is 0 Å². The molecule has 0 aliphatic rings. The van der Waals surface area contributed by atoms with E-state index in [0.717, 1.165) is 27.8 Å². The van der Waals surface area contributed by atoms with Gasteiger partial charge in [0.2, 0.25) is 5.91 Å². The molecule has 6 nitrogen and oxygen atoms in total. The predicted octanol–water partition coefficient (Wildman–Crippen LogP) is 3.68. The largest absolute Gasteiger partial charge is 0.376 e. The molecule has 2 aromatic carbocycles. The van der Waals surface area contributed by atoms with Crippen molar-refractivity contribution in [3.05, 3.63) is 72.9 Å². The average Bonchev–Trinajstić information content (AvgIpc) is 3.10. The van der Waals surface area contributed by atoms with Crippen LogP contribution in [-0.2, 0) is 4.79 Å². The lowest BCUT2D eigenvalue weighted by molar-refractivity contribution is -0.114. The van der Waals surface area contributed by atoms with E-state index >= 15 is 0 Å². The summed E-state index contributed by atoms with van der Waals surface area (Å²) < 4.78 is 0. The summed E-state index contributed by atoms with van der Waals surface area (Å²) in [6.45, 7) is 0.162. The molecule has 4 aromatic rings. The third-order valence-electron chi connectivity index (χ3n) is 4.00. The number of hydrogen-bond donors (Lipinski definition) is 3. The third-order valence-corrected chi connectivity index (χ3v) is 4.00. The van der Waals surface area contributed by atoms with Gasteiger partial charge in [-0.25, -0.2) is 0 Å². The van der Waals surface area contributed by atoms with Crippen LogP contribution in [0.1, 0.15) is 0 Å². The Morgan fingerprint density at radius 1 is 1.00 bits per heavy atom.